The van der Waals surface area contributed by atoms with Crippen LogP contribution in [0.25, 0.3) is 0 Å². The molecule has 0 aliphatic heterocycles. The monoisotopic (exact) mass is 1080 g/mol. The van der Waals surface area contributed by atoms with Crippen LogP contribution in [-0.2, 0) is 90.5 Å². The zero-order chi connectivity index (χ0) is 58.2. The molecule has 5 N–H and O–H groups in total. The maximum absolute atomic E-state index is 14.2. The highest BCUT2D eigenvalue weighted by molar-refractivity contribution is 5.84. The molecule has 28 heteroatoms. The van der Waals surface area contributed by atoms with Gasteiger partial charge in [-0.2, -0.15) is 0 Å². The number of ether oxygens (including phenoxy) is 11. The van der Waals surface area contributed by atoms with Crippen LogP contribution in [0.3, 0.4) is 0 Å². The molecule has 0 aliphatic carbocycles. The molecule has 0 rings (SSSR count). The summed E-state index contributed by atoms with van der Waals surface area (Å²) in [6, 6.07) is -1.35. The lowest BCUT2D eigenvalue weighted by Gasteiger charge is -2.37. The maximum Gasteiger partial charge on any atom is 0.407 e. The van der Waals surface area contributed by atoms with E-state index in [0.717, 1.165) is 48.6 Å². The number of alkyl carbamates (subject to hydrolysis) is 3. The summed E-state index contributed by atoms with van der Waals surface area (Å²) < 4.78 is 57.1. The Bertz CT molecular complexity index is 1960. The SMILES string of the molecule is C=CC(=O)OCC(C)(COC(=O)C=C)NC(=O)NC(COC(=O)NC(C)(COC(=O)C=C)COC(=O)C=C)(COC(=O)NC(C)(COC(=O)C=C)COC(=O)C=C)COC(=O)NC(C)(COC(=O)C=C)COC(=O)C=C. The smallest absolute Gasteiger partial charge is 0.407 e. The molecular weight excluding hydrogens is 1010 g/mol. The first-order valence-electron chi connectivity index (χ1n) is 21.8. The topological polar surface area (TPSA) is 367 Å². The number of esters is 8. The number of urea groups is 1. The van der Waals surface area contributed by atoms with Crippen LogP contribution >= 0.6 is 0 Å². The van der Waals surface area contributed by atoms with Crippen molar-refractivity contribution < 1.29 is 110 Å². The molecule has 0 radical (unpaired) electrons. The minimum absolute atomic E-state index is 0.687. The number of carbonyl (C=O) groups is 12. The van der Waals surface area contributed by atoms with E-state index in [2.05, 4.69) is 79.2 Å². The predicted molar refractivity (Wildman–Crippen MR) is 261 cm³/mol. The summed E-state index contributed by atoms with van der Waals surface area (Å²) in [4.78, 5) is 152. The fourth-order valence-electron chi connectivity index (χ4n) is 5.01. The fraction of sp³-hybridized carbons (Fsp3) is 0.417. The van der Waals surface area contributed by atoms with Gasteiger partial charge in [0.2, 0.25) is 0 Å². The first-order valence-corrected chi connectivity index (χ1v) is 21.8. The fourth-order valence-corrected chi connectivity index (χ4v) is 5.01. The van der Waals surface area contributed by atoms with Gasteiger partial charge in [-0.05, 0) is 27.7 Å². The maximum atomic E-state index is 14.2. The van der Waals surface area contributed by atoms with Crippen molar-refractivity contribution in [2.75, 3.05) is 72.7 Å². The van der Waals surface area contributed by atoms with Gasteiger partial charge in [-0.15, -0.1) is 0 Å². The first kappa shape index (κ1) is 66.8. The van der Waals surface area contributed by atoms with Crippen LogP contribution < -0.4 is 26.6 Å². The highest BCUT2D eigenvalue weighted by atomic mass is 16.6. The lowest BCUT2D eigenvalue weighted by molar-refractivity contribution is -0.146. The van der Waals surface area contributed by atoms with Crippen molar-refractivity contribution in [3.05, 3.63) is 101 Å². The Kier molecular flexibility index (Phi) is 28.8. The molecule has 5 amide bonds. The highest BCUT2D eigenvalue weighted by Gasteiger charge is 2.43. The summed E-state index contributed by atoms with van der Waals surface area (Å²) in [6.07, 6.45) is 1.98. The standard InChI is InChI=1S/C48H63N5O23/c1-13-32(54)66-21-44(9,22-67-33(55)14-2)49-40(62)50-48(29-74-41(63)51-45(10,23-68-34(56)15-3)24-69-35(57)16-4,30-75-42(64)52-46(11,25-70-36(58)17-5)26-71-37(59)18-6)31-76-43(65)53-47(12,27-72-38(60)19-7)28-73-39(61)20-8/h13-20H,1-8,21-31H2,9-12H3,(H,51,63)(H,52,64)(H,53,65)(H2,49,50,62). The Balaban J connectivity index is 7.84. The molecule has 0 spiro atoms. The van der Waals surface area contributed by atoms with E-state index in [1.54, 1.807) is 0 Å². The first-order chi connectivity index (χ1) is 35.5. The van der Waals surface area contributed by atoms with Gasteiger partial charge in [0.15, 0.2) is 0 Å². The van der Waals surface area contributed by atoms with Crippen LogP contribution in [-0.4, -0.2) is 172 Å². The van der Waals surface area contributed by atoms with Crippen LogP contribution in [0.5, 0.6) is 0 Å². The van der Waals surface area contributed by atoms with Crippen LogP contribution in [0.15, 0.2) is 101 Å². The number of nitrogens with one attached hydrogen (secondary N) is 5. The van der Waals surface area contributed by atoms with Gasteiger partial charge in [0.05, 0.1) is 0 Å². The molecule has 28 nitrogen and oxygen atoms in total. The van der Waals surface area contributed by atoms with E-state index in [9.17, 15) is 57.5 Å². The van der Waals surface area contributed by atoms with E-state index in [0.29, 0.717) is 0 Å². The van der Waals surface area contributed by atoms with Crippen molar-refractivity contribution in [1.29, 1.82) is 0 Å². The summed E-state index contributed by atoms with van der Waals surface area (Å²) in [5.74, 6) is -7.78. The number of hydrogen-bond acceptors (Lipinski definition) is 23. The Hall–Kier alpha value is -9.24. The molecule has 0 aromatic heterocycles. The minimum Gasteiger partial charge on any atom is -0.460 e. The summed E-state index contributed by atoms with van der Waals surface area (Å²) in [6.45, 7) is 22.1. The zero-order valence-corrected chi connectivity index (χ0v) is 42.4. The molecule has 0 bridgehead atoms. The number of amides is 5. The van der Waals surface area contributed by atoms with E-state index < -0.39 is 172 Å². The third kappa shape index (κ3) is 27.5. The van der Waals surface area contributed by atoms with Gasteiger partial charge in [-0.25, -0.2) is 57.5 Å². The lowest BCUT2D eigenvalue weighted by Crippen LogP contribution is -2.66. The number of hydrogen-bond donors (Lipinski definition) is 5. The van der Waals surface area contributed by atoms with Crippen LogP contribution in [0, 0.1) is 0 Å². The largest absolute Gasteiger partial charge is 0.460 e. The van der Waals surface area contributed by atoms with Crippen molar-refractivity contribution in [3.8, 4) is 0 Å². The molecule has 76 heavy (non-hydrogen) atoms. The van der Waals surface area contributed by atoms with E-state index >= 15 is 0 Å². The highest BCUT2D eigenvalue weighted by Crippen LogP contribution is 2.17. The molecule has 0 aromatic carbocycles. The Morgan fingerprint density at radius 3 is 0.618 bits per heavy atom. The molecule has 0 unspecified atom stereocenters. The van der Waals surface area contributed by atoms with Gasteiger partial charge in [0.1, 0.15) is 100 Å². The zero-order valence-electron chi connectivity index (χ0n) is 42.4. The average molecular weight is 1080 g/mol. The van der Waals surface area contributed by atoms with Crippen molar-refractivity contribution >= 4 is 72.1 Å². The van der Waals surface area contributed by atoms with Crippen molar-refractivity contribution in [2.24, 2.45) is 0 Å². The summed E-state index contributed by atoms with van der Waals surface area (Å²) in [7, 11) is 0. The number of carbonyl (C=O) groups excluding carboxylic acids is 12. The third-order valence-corrected chi connectivity index (χ3v) is 9.04. The van der Waals surface area contributed by atoms with Crippen molar-refractivity contribution in [2.45, 2.75) is 55.4 Å². The van der Waals surface area contributed by atoms with Gasteiger partial charge in [-0.1, -0.05) is 52.6 Å². The molecule has 418 valence electrons. The molecule has 0 saturated carbocycles. The molecule has 0 heterocycles. The van der Waals surface area contributed by atoms with Gasteiger partial charge < -0.3 is 78.7 Å². The molecule has 0 atom stereocenters. The second-order valence-corrected chi connectivity index (χ2v) is 16.7. The molecule has 0 saturated heterocycles. The van der Waals surface area contributed by atoms with Crippen LogP contribution in [0.2, 0.25) is 0 Å². The van der Waals surface area contributed by atoms with Gasteiger partial charge >= 0.3 is 72.1 Å². The lowest BCUT2D eigenvalue weighted by atomic mass is 10.0. The third-order valence-electron chi connectivity index (χ3n) is 9.04. The second-order valence-electron chi connectivity index (χ2n) is 16.7. The molecule has 0 aromatic rings. The summed E-state index contributed by atoms with van der Waals surface area (Å²) in [5, 5.41) is 11.7. The molecular formula is C48H63N5O23. The number of rotatable bonds is 35. The second kappa shape index (κ2) is 32.8. The van der Waals surface area contributed by atoms with Crippen molar-refractivity contribution in [1.82, 2.24) is 26.6 Å². The van der Waals surface area contributed by atoms with E-state index in [1.165, 1.54) is 27.7 Å². The van der Waals surface area contributed by atoms with E-state index in [1.807, 2.05) is 0 Å². The Morgan fingerprint density at radius 1 is 0.276 bits per heavy atom. The minimum atomic E-state index is -2.53. The van der Waals surface area contributed by atoms with Crippen LogP contribution in [0.1, 0.15) is 27.7 Å². The normalized spacial score (nSPS) is 10.9. The molecule has 0 fully saturated rings. The van der Waals surface area contributed by atoms with Gasteiger partial charge in [0.25, 0.3) is 0 Å². The molecule has 0 aliphatic rings. The van der Waals surface area contributed by atoms with E-state index in [4.69, 9.17) is 52.1 Å². The Labute approximate surface area is 436 Å². The van der Waals surface area contributed by atoms with Gasteiger partial charge in [0, 0.05) is 48.6 Å². The Morgan fingerprint density at radius 2 is 0.447 bits per heavy atom. The van der Waals surface area contributed by atoms with Gasteiger partial charge in [-0.3, -0.25) is 0 Å². The quantitative estimate of drug-likeness (QED) is 0.0337. The average Bonchev–Trinajstić information content (AvgIpc) is 3.39. The van der Waals surface area contributed by atoms with Crippen molar-refractivity contribution in [3.63, 3.8) is 0 Å². The predicted octanol–water partition coefficient (Wildman–Crippen LogP) is 1.07. The van der Waals surface area contributed by atoms with Crippen LogP contribution in [0.4, 0.5) is 19.2 Å². The summed E-state index contributed by atoms with van der Waals surface area (Å²) >= 11 is 0. The summed E-state index contributed by atoms with van der Waals surface area (Å²) in [5.41, 5.74) is -9.78. The van der Waals surface area contributed by atoms with E-state index in [-0.39, 0.29) is 0 Å².